The van der Waals surface area contributed by atoms with E-state index in [1.807, 2.05) is 32.0 Å². The molecule has 4 nitrogen and oxygen atoms in total. The average Bonchev–Trinajstić information content (AvgIpc) is 2.57. The number of nitrogens with zero attached hydrogens (tertiary/aromatic N) is 2. The zero-order chi connectivity index (χ0) is 12.6. The Balaban J connectivity index is 2.53. The molecule has 0 saturated carbocycles. The molecule has 2 rings (SSSR count). The number of rotatable bonds is 2. The van der Waals surface area contributed by atoms with Gasteiger partial charge >= 0.3 is 0 Å². The molecule has 0 atom stereocenters. The highest BCUT2D eigenvalue weighted by atomic mass is 16.5. The molecule has 0 unspecified atom stereocenters. The minimum Gasteiger partial charge on any atom is -0.496 e. The topological polar surface area (TPSA) is 47.3 Å². The van der Waals surface area contributed by atoms with Crippen molar-refractivity contribution in [3.05, 3.63) is 29.3 Å². The van der Waals surface area contributed by atoms with Gasteiger partial charge in [-0.3, -0.25) is 0 Å². The molecule has 1 heterocycles. The van der Waals surface area contributed by atoms with Crippen molar-refractivity contribution >= 4 is 0 Å². The molecule has 0 aliphatic carbocycles. The largest absolute Gasteiger partial charge is 0.496 e. The Morgan fingerprint density at radius 2 is 2.00 bits per heavy atom. The summed E-state index contributed by atoms with van der Waals surface area (Å²) in [5.74, 6) is 1.06. The minimum atomic E-state index is 0.202. The summed E-state index contributed by atoms with van der Waals surface area (Å²) in [4.78, 5) is 0. The molecule has 0 aliphatic heterocycles. The maximum Gasteiger partial charge on any atom is 0.212 e. The molecule has 0 radical (unpaired) electrons. The number of hydrogen-bond acceptors (Lipinski definition) is 3. The van der Waals surface area contributed by atoms with Crippen LogP contribution in [0.4, 0.5) is 0 Å². The Kier molecular flexibility index (Phi) is 2.79. The van der Waals surface area contributed by atoms with Crippen LogP contribution in [-0.2, 0) is 7.05 Å². The number of benzene rings is 1. The lowest BCUT2D eigenvalue weighted by atomic mass is 10.1. The van der Waals surface area contributed by atoms with Gasteiger partial charge in [0.1, 0.15) is 5.75 Å². The van der Waals surface area contributed by atoms with Crippen molar-refractivity contribution in [3.8, 4) is 22.9 Å². The fourth-order valence-electron chi connectivity index (χ4n) is 1.92. The number of methoxy groups -OCH3 is 1. The quantitative estimate of drug-likeness (QED) is 0.865. The van der Waals surface area contributed by atoms with Crippen molar-refractivity contribution < 1.29 is 9.84 Å². The maximum absolute atomic E-state index is 9.73. The molecule has 0 aliphatic rings. The Hall–Kier alpha value is -1.97. The smallest absolute Gasteiger partial charge is 0.212 e. The van der Waals surface area contributed by atoms with Gasteiger partial charge in [-0.1, -0.05) is 0 Å². The van der Waals surface area contributed by atoms with Gasteiger partial charge in [0.15, 0.2) is 0 Å². The van der Waals surface area contributed by atoms with E-state index in [4.69, 9.17) is 4.74 Å². The Morgan fingerprint density at radius 3 is 2.47 bits per heavy atom. The van der Waals surface area contributed by atoms with E-state index in [1.165, 1.54) is 4.68 Å². The summed E-state index contributed by atoms with van der Waals surface area (Å²) in [5, 5.41) is 14.0. The standard InChI is InChI=1S/C13H16N2O2/c1-8-7-10(5-6-11(8)17-4)12-9(2)13(16)15(3)14-12/h5-7,16H,1-4H3. The fourth-order valence-corrected chi connectivity index (χ4v) is 1.92. The molecule has 0 saturated heterocycles. The maximum atomic E-state index is 9.73. The summed E-state index contributed by atoms with van der Waals surface area (Å²) in [6, 6.07) is 5.87. The van der Waals surface area contributed by atoms with E-state index in [0.717, 1.165) is 28.1 Å². The third-order valence-corrected chi connectivity index (χ3v) is 2.92. The van der Waals surface area contributed by atoms with Crippen LogP contribution < -0.4 is 4.74 Å². The zero-order valence-corrected chi connectivity index (χ0v) is 10.5. The van der Waals surface area contributed by atoms with Gasteiger partial charge in [-0.05, 0) is 37.6 Å². The summed E-state index contributed by atoms with van der Waals surface area (Å²) < 4.78 is 6.70. The highest BCUT2D eigenvalue weighted by Crippen LogP contribution is 2.30. The minimum absolute atomic E-state index is 0.202. The molecule has 1 aromatic heterocycles. The number of ether oxygens (including phenoxy) is 1. The van der Waals surface area contributed by atoms with Gasteiger partial charge in [0, 0.05) is 18.2 Å². The lowest BCUT2D eigenvalue weighted by Crippen LogP contribution is -1.91. The van der Waals surface area contributed by atoms with Crippen LogP contribution in [0.1, 0.15) is 11.1 Å². The molecular formula is C13H16N2O2. The van der Waals surface area contributed by atoms with Gasteiger partial charge in [0.2, 0.25) is 5.88 Å². The molecule has 1 aromatic carbocycles. The average molecular weight is 232 g/mol. The van der Waals surface area contributed by atoms with Crippen molar-refractivity contribution in [3.63, 3.8) is 0 Å². The van der Waals surface area contributed by atoms with Crippen molar-refractivity contribution in [1.29, 1.82) is 0 Å². The third kappa shape index (κ3) is 1.86. The van der Waals surface area contributed by atoms with E-state index >= 15 is 0 Å². The first kappa shape index (κ1) is 11.5. The second-order valence-electron chi connectivity index (χ2n) is 4.11. The summed E-state index contributed by atoms with van der Waals surface area (Å²) in [5.41, 5.74) is 3.62. The Morgan fingerprint density at radius 1 is 1.29 bits per heavy atom. The zero-order valence-electron chi connectivity index (χ0n) is 10.5. The van der Waals surface area contributed by atoms with E-state index in [-0.39, 0.29) is 5.88 Å². The van der Waals surface area contributed by atoms with Crippen molar-refractivity contribution in [1.82, 2.24) is 9.78 Å². The number of aromatic nitrogens is 2. The Bertz CT molecular complexity index is 559. The van der Waals surface area contributed by atoms with Crippen LogP contribution in [0.15, 0.2) is 18.2 Å². The van der Waals surface area contributed by atoms with Crippen LogP contribution in [0, 0.1) is 13.8 Å². The Labute approximate surface area is 100 Å². The third-order valence-electron chi connectivity index (χ3n) is 2.92. The number of aromatic hydroxyl groups is 1. The van der Waals surface area contributed by atoms with Crippen molar-refractivity contribution in [2.45, 2.75) is 13.8 Å². The van der Waals surface area contributed by atoms with Crippen LogP contribution in [0.5, 0.6) is 11.6 Å². The van der Waals surface area contributed by atoms with Crippen LogP contribution in [0.25, 0.3) is 11.3 Å². The lowest BCUT2D eigenvalue weighted by Gasteiger charge is -2.06. The predicted molar refractivity (Wildman–Crippen MR) is 66.3 cm³/mol. The van der Waals surface area contributed by atoms with Gasteiger partial charge in [0.05, 0.1) is 12.8 Å². The monoisotopic (exact) mass is 232 g/mol. The van der Waals surface area contributed by atoms with Gasteiger partial charge < -0.3 is 9.84 Å². The van der Waals surface area contributed by atoms with Crippen LogP contribution in [-0.4, -0.2) is 22.0 Å². The second-order valence-corrected chi connectivity index (χ2v) is 4.11. The molecule has 0 fully saturated rings. The SMILES string of the molecule is COc1ccc(-c2nn(C)c(O)c2C)cc1C. The van der Waals surface area contributed by atoms with Crippen LogP contribution in [0.3, 0.4) is 0 Å². The highest BCUT2D eigenvalue weighted by molar-refractivity contribution is 5.66. The molecule has 1 N–H and O–H groups in total. The molecule has 2 aromatic rings. The van der Waals surface area contributed by atoms with E-state index in [9.17, 15) is 5.11 Å². The summed E-state index contributed by atoms with van der Waals surface area (Å²) in [6.07, 6.45) is 0. The lowest BCUT2D eigenvalue weighted by molar-refractivity contribution is 0.412. The summed E-state index contributed by atoms with van der Waals surface area (Å²) in [6.45, 7) is 3.84. The van der Waals surface area contributed by atoms with Gasteiger partial charge in [-0.15, -0.1) is 0 Å². The predicted octanol–water partition coefficient (Wildman–Crippen LogP) is 2.42. The number of hydrogen-bond donors (Lipinski definition) is 1. The first-order chi connectivity index (χ1) is 8.04. The van der Waals surface area contributed by atoms with Crippen LogP contribution in [0.2, 0.25) is 0 Å². The van der Waals surface area contributed by atoms with Gasteiger partial charge in [0.25, 0.3) is 0 Å². The molecule has 0 spiro atoms. The summed E-state index contributed by atoms with van der Waals surface area (Å²) >= 11 is 0. The van der Waals surface area contributed by atoms with E-state index in [0.29, 0.717) is 0 Å². The highest BCUT2D eigenvalue weighted by Gasteiger charge is 2.13. The first-order valence-electron chi connectivity index (χ1n) is 5.42. The van der Waals surface area contributed by atoms with E-state index in [2.05, 4.69) is 5.10 Å². The molecule has 4 heteroatoms. The van der Waals surface area contributed by atoms with E-state index < -0.39 is 0 Å². The molecule has 17 heavy (non-hydrogen) atoms. The van der Waals surface area contributed by atoms with Gasteiger partial charge in [-0.25, -0.2) is 4.68 Å². The summed E-state index contributed by atoms with van der Waals surface area (Å²) in [7, 11) is 3.38. The molecule has 0 bridgehead atoms. The molecule has 0 amide bonds. The second kappa shape index (κ2) is 4.13. The first-order valence-corrected chi connectivity index (χ1v) is 5.42. The van der Waals surface area contributed by atoms with Crippen molar-refractivity contribution in [2.24, 2.45) is 7.05 Å². The molecular weight excluding hydrogens is 216 g/mol. The van der Waals surface area contributed by atoms with Gasteiger partial charge in [-0.2, -0.15) is 5.10 Å². The van der Waals surface area contributed by atoms with Crippen molar-refractivity contribution in [2.75, 3.05) is 7.11 Å². The number of aryl methyl sites for hydroxylation is 2. The normalized spacial score (nSPS) is 10.6. The fraction of sp³-hybridized carbons (Fsp3) is 0.308. The van der Waals surface area contributed by atoms with Crippen LogP contribution >= 0.6 is 0 Å². The molecule has 90 valence electrons. The van der Waals surface area contributed by atoms with E-state index in [1.54, 1.807) is 14.2 Å².